The van der Waals surface area contributed by atoms with Gasteiger partial charge in [-0.1, -0.05) is 36.4 Å². The molecule has 0 spiro atoms. The lowest BCUT2D eigenvalue weighted by Gasteiger charge is -2.17. The van der Waals surface area contributed by atoms with E-state index in [2.05, 4.69) is 4.98 Å². The average Bonchev–Trinajstić information content (AvgIpc) is 3.15. The number of para-hydroxylation sites is 1. The molecule has 4 aromatic rings. The van der Waals surface area contributed by atoms with Gasteiger partial charge in [0.15, 0.2) is 11.6 Å². The molecule has 0 saturated heterocycles. The summed E-state index contributed by atoms with van der Waals surface area (Å²) in [6.07, 6.45) is 2.47. The molecule has 0 amide bonds. The van der Waals surface area contributed by atoms with Crippen molar-refractivity contribution in [1.29, 1.82) is 0 Å². The highest BCUT2D eigenvalue weighted by Gasteiger charge is 2.21. The first kappa shape index (κ1) is 19.6. The normalized spacial score (nSPS) is 11.0. The van der Waals surface area contributed by atoms with Crippen LogP contribution < -0.4 is 5.56 Å². The van der Waals surface area contributed by atoms with Gasteiger partial charge in [0, 0.05) is 19.8 Å². The van der Waals surface area contributed by atoms with Crippen LogP contribution in [-0.4, -0.2) is 19.2 Å². The number of aromatic nitrogens is 3. The molecule has 6 heteroatoms. The molecule has 1 N–H and O–H groups in total. The van der Waals surface area contributed by atoms with Gasteiger partial charge in [0.2, 0.25) is 0 Å². The molecule has 4 rings (SSSR count). The SMILES string of the molecule is Cc1nc(-c2cccc(F)c2O)n(CCc2ccccc2)c(=O)c1-c1cccn1C. The molecule has 0 aliphatic heterocycles. The van der Waals surface area contributed by atoms with E-state index < -0.39 is 11.6 Å². The lowest BCUT2D eigenvalue weighted by atomic mass is 10.1. The largest absolute Gasteiger partial charge is 0.504 e. The summed E-state index contributed by atoms with van der Waals surface area (Å²) in [7, 11) is 1.87. The first-order valence-corrected chi connectivity index (χ1v) is 9.72. The molecule has 0 fully saturated rings. The number of rotatable bonds is 5. The molecule has 0 bridgehead atoms. The highest BCUT2D eigenvalue weighted by atomic mass is 19.1. The Morgan fingerprint density at radius 3 is 2.50 bits per heavy atom. The summed E-state index contributed by atoms with van der Waals surface area (Å²) < 4.78 is 17.4. The fourth-order valence-corrected chi connectivity index (χ4v) is 3.67. The van der Waals surface area contributed by atoms with E-state index in [4.69, 9.17) is 0 Å². The minimum Gasteiger partial charge on any atom is -0.504 e. The summed E-state index contributed by atoms with van der Waals surface area (Å²) in [5.74, 6) is -1.01. The highest BCUT2D eigenvalue weighted by Crippen LogP contribution is 2.31. The Kier molecular flexibility index (Phi) is 5.23. The van der Waals surface area contributed by atoms with Gasteiger partial charge in [0.1, 0.15) is 5.82 Å². The Morgan fingerprint density at radius 1 is 1.03 bits per heavy atom. The summed E-state index contributed by atoms with van der Waals surface area (Å²) in [6.45, 7) is 2.10. The van der Waals surface area contributed by atoms with Crippen LogP contribution in [-0.2, 0) is 20.0 Å². The molecule has 2 heterocycles. The second-order valence-electron chi connectivity index (χ2n) is 7.23. The fraction of sp³-hybridized carbons (Fsp3) is 0.167. The van der Waals surface area contributed by atoms with Crippen LogP contribution in [0.4, 0.5) is 4.39 Å². The number of phenols is 1. The van der Waals surface area contributed by atoms with Crippen LogP contribution >= 0.6 is 0 Å². The fourth-order valence-electron chi connectivity index (χ4n) is 3.67. The van der Waals surface area contributed by atoms with Crippen LogP contribution in [0.1, 0.15) is 11.3 Å². The van der Waals surface area contributed by atoms with Gasteiger partial charge in [-0.05, 0) is 43.2 Å². The second kappa shape index (κ2) is 7.99. The molecule has 5 nitrogen and oxygen atoms in total. The quantitative estimate of drug-likeness (QED) is 0.540. The molecular formula is C24H22FN3O2. The molecule has 0 atom stereocenters. The topological polar surface area (TPSA) is 60.1 Å². The van der Waals surface area contributed by atoms with E-state index >= 15 is 0 Å². The molecule has 0 radical (unpaired) electrons. The number of halogens is 1. The van der Waals surface area contributed by atoms with Gasteiger partial charge in [0.05, 0.1) is 22.5 Å². The molecule has 0 aliphatic carbocycles. The standard InChI is InChI=1S/C24H22FN3O2/c1-16-21(20-12-7-14-27(20)2)24(30)28(15-13-17-8-4-3-5-9-17)23(26-16)18-10-6-11-19(25)22(18)29/h3-12,14,29H,13,15H2,1-2H3. The van der Waals surface area contributed by atoms with Gasteiger partial charge in [0.25, 0.3) is 5.56 Å². The number of aryl methyl sites for hydroxylation is 3. The number of nitrogens with zero attached hydrogens (tertiary/aromatic N) is 3. The van der Waals surface area contributed by atoms with Crippen molar-refractivity contribution in [3.63, 3.8) is 0 Å². The van der Waals surface area contributed by atoms with E-state index in [1.54, 1.807) is 13.0 Å². The van der Waals surface area contributed by atoms with E-state index in [0.29, 0.717) is 24.2 Å². The molecule has 30 heavy (non-hydrogen) atoms. The van der Waals surface area contributed by atoms with Crippen molar-refractivity contribution in [1.82, 2.24) is 14.1 Å². The van der Waals surface area contributed by atoms with Gasteiger partial charge in [-0.2, -0.15) is 0 Å². The Balaban J connectivity index is 1.92. The molecule has 2 aromatic heterocycles. The number of benzene rings is 2. The highest BCUT2D eigenvalue weighted by molar-refractivity contribution is 5.68. The Hall–Kier alpha value is -3.67. The third kappa shape index (κ3) is 3.52. The number of hydrogen-bond acceptors (Lipinski definition) is 3. The van der Waals surface area contributed by atoms with Crippen molar-refractivity contribution in [3.8, 4) is 28.4 Å². The van der Waals surface area contributed by atoms with E-state index in [1.807, 2.05) is 60.3 Å². The van der Waals surface area contributed by atoms with Crippen LogP contribution in [0.3, 0.4) is 0 Å². The summed E-state index contributed by atoms with van der Waals surface area (Å²) in [6, 6.07) is 17.8. The second-order valence-corrected chi connectivity index (χ2v) is 7.23. The Morgan fingerprint density at radius 2 is 1.80 bits per heavy atom. The van der Waals surface area contributed by atoms with Crippen LogP contribution in [0.2, 0.25) is 0 Å². The molecule has 0 aliphatic rings. The van der Waals surface area contributed by atoms with Gasteiger partial charge < -0.3 is 9.67 Å². The maximum absolute atomic E-state index is 14.0. The van der Waals surface area contributed by atoms with E-state index in [9.17, 15) is 14.3 Å². The molecule has 0 unspecified atom stereocenters. The lowest BCUT2D eigenvalue weighted by Crippen LogP contribution is -2.27. The van der Waals surface area contributed by atoms with Crippen LogP contribution in [0.15, 0.2) is 71.7 Å². The first-order chi connectivity index (χ1) is 14.5. The summed E-state index contributed by atoms with van der Waals surface area (Å²) >= 11 is 0. The maximum Gasteiger partial charge on any atom is 0.263 e. The monoisotopic (exact) mass is 403 g/mol. The van der Waals surface area contributed by atoms with Crippen molar-refractivity contribution in [2.45, 2.75) is 19.9 Å². The smallest absolute Gasteiger partial charge is 0.263 e. The Labute approximate surface area is 173 Å². The maximum atomic E-state index is 14.0. The van der Waals surface area contributed by atoms with Crippen molar-refractivity contribution in [3.05, 3.63) is 94.3 Å². The van der Waals surface area contributed by atoms with Crippen LogP contribution in [0.25, 0.3) is 22.6 Å². The van der Waals surface area contributed by atoms with Crippen molar-refractivity contribution >= 4 is 0 Å². The average molecular weight is 403 g/mol. The minimum atomic E-state index is -0.750. The third-order valence-corrected chi connectivity index (χ3v) is 5.24. The van der Waals surface area contributed by atoms with Crippen molar-refractivity contribution < 1.29 is 9.50 Å². The van der Waals surface area contributed by atoms with Crippen molar-refractivity contribution in [2.24, 2.45) is 7.05 Å². The molecule has 152 valence electrons. The summed E-state index contributed by atoms with van der Waals surface area (Å²) in [5.41, 5.74) is 2.82. The zero-order chi connectivity index (χ0) is 21.3. The van der Waals surface area contributed by atoms with Gasteiger partial charge >= 0.3 is 0 Å². The van der Waals surface area contributed by atoms with E-state index in [1.165, 1.54) is 16.7 Å². The van der Waals surface area contributed by atoms with Gasteiger partial charge in [-0.25, -0.2) is 9.37 Å². The van der Waals surface area contributed by atoms with Crippen molar-refractivity contribution in [2.75, 3.05) is 0 Å². The first-order valence-electron chi connectivity index (χ1n) is 9.72. The number of phenolic OH excluding ortho intramolecular Hbond substituents is 1. The van der Waals surface area contributed by atoms with Gasteiger partial charge in [-0.15, -0.1) is 0 Å². The summed E-state index contributed by atoms with van der Waals surface area (Å²) in [4.78, 5) is 18.2. The zero-order valence-corrected chi connectivity index (χ0v) is 16.8. The predicted molar refractivity (Wildman–Crippen MR) is 115 cm³/mol. The van der Waals surface area contributed by atoms with Gasteiger partial charge in [-0.3, -0.25) is 9.36 Å². The molecule has 2 aromatic carbocycles. The third-order valence-electron chi connectivity index (χ3n) is 5.24. The lowest BCUT2D eigenvalue weighted by molar-refractivity contribution is 0.433. The van der Waals surface area contributed by atoms with E-state index in [-0.39, 0.29) is 16.9 Å². The molecule has 0 saturated carbocycles. The van der Waals surface area contributed by atoms with E-state index in [0.717, 1.165) is 11.3 Å². The Bertz CT molecular complexity index is 1260. The number of hydrogen-bond donors (Lipinski definition) is 1. The zero-order valence-electron chi connectivity index (χ0n) is 16.8. The molecular weight excluding hydrogens is 381 g/mol. The minimum absolute atomic E-state index is 0.196. The number of aromatic hydroxyl groups is 1. The predicted octanol–water partition coefficient (Wildman–Crippen LogP) is 4.31. The van der Waals surface area contributed by atoms with Crippen LogP contribution in [0.5, 0.6) is 5.75 Å². The van der Waals surface area contributed by atoms with Crippen LogP contribution in [0, 0.1) is 12.7 Å². The summed E-state index contributed by atoms with van der Waals surface area (Å²) in [5, 5.41) is 10.3.